The van der Waals surface area contributed by atoms with Crippen LogP contribution in [-0.4, -0.2) is 29.2 Å². The molecule has 3 rings (SSSR count). The molecule has 0 N–H and O–H groups in total. The van der Waals surface area contributed by atoms with Crippen LogP contribution in [0.4, 0.5) is 4.39 Å². The third-order valence-corrected chi connectivity index (χ3v) is 5.15. The maximum atomic E-state index is 14.5. The summed E-state index contributed by atoms with van der Waals surface area (Å²) in [7, 11) is 1.41. The molecule has 0 saturated carbocycles. The van der Waals surface area contributed by atoms with Gasteiger partial charge in [0.2, 0.25) is 0 Å². The highest BCUT2D eigenvalue weighted by Gasteiger charge is 2.22. The van der Waals surface area contributed by atoms with E-state index in [4.69, 9.17) is 21.7 Å². The molecule has 0 radical (unpaired) electrons. The van der Waals surface area contributed by atoms with E-state index in [2.05, 4.69) is 0 Å². The Morgan fingerprint density at radius 3 is 2.46 bits per heavy atom. The first kappa shape index (κ1) is 20.0. The van der Waals surface area contributed by atoms with Gasteiger partial charge in [0, 0.05) is 22.7 Å². The summed E-state index contributed by atoms with van der Waals surface area (Å²) in [6, 6.07) is 10.8. The second-order valence-corrected chi connectivity index (χ2v) is 6.94. The summed E-state index contributed by atoms with van der Waals surface area (Å²) in [5.41, 5.74) is 4.10. The molecule has 146 valence electrons. The zero-order chi connectivity index (χ0) is 20.4. The highest BCUT2D eigenvalue weighted by atomic mass is 32.1. The molecule has 0 amide bonds. The smallest absolute Gasteiger partial charge is 0.310 e. The molecule has 0 aliphatic carbocycles. The number of thiocarbonyl (C=S) groups is 1. The van der Waals surface area contributed by atoms with Crippen molar-refractivity contribution in [3.05, 3.63) is 64.6 Å². The molecule has 28 heavy (non-hydrogen) atoms. The largest absolute Gasteiger partial charge is 0.494 e. The van der Waals surface area contributed by atoms with Gasteiger partial charge in [0.25, 0.3) is 0 Å². The lowest BCUT2D eigenvalue weighted by atomic mass is 10.1. The number of aromatic nitrogens is 1. The van der Waals surface area contributed by atoms with Crippen LogP contribution in [0.15, 0.2) is 36.4 Å². The Balaban J connectivity index is 2.22. The van der Waals surface area contributed by atoms with Crippen LogP contribution in [0.3, 0.4) is 0 Å². The van der Waals surface area contributed by atoms with E-state index in [-0.39, 0.29) is 18.1 Å². The van der Waals surface area contributed by atoms with Gasteiger partial charge in [0.05, 0.1) is 25.7 Å². The number of hydrogen-bond acceptors (Lipinski definition) is 4. The fourth-order valence-corrected chi connectivity index (χ4v) is 3.67. The predicted octanol–water partition coefficient (Wildman–Crippen LogP) is 4.74. The summed E-state index contributed by atoms with van der Waals surface area (Å²) in [6.07, 6.45) is 0.0778. The molecular formula is C22H22FNO3S. The third kappa shape index (κ3) is 3.64. The highest BCUT2D eigenvalue weighted by Crippen LogP contribution is 2.33. The fraction of sp³-hybridized carbons (Fsp3) is 0.273. The minimum Gasteiger partial charge on any atom is -0.494 e. The number of ether oxygens (including phenoxy) is 2. The SMILES string of the molecule is CCOC(=O)Cc1c(C)n(C(=S)c2ccc(C)cc2)c2cc(F)c(OC)cc12. The second kappa shape index (κ2) is 8.10. The maximum Gasteiger partial charge on any atom is 0.310 e. The molecule has 0 unspecified atom stereocenters. The standard InChI is InChI=1S/C22H22FNO3S/c1-5-27-21(25)11-16-14(3)24(22(28)15-8-6-13(2)7-9-15)19-12-18(23)20(26-4)10-17(16)19/h6-10,12H,5,11H2,1-4H3. The van der Waals surface area contributed by atoms with Gasteiger partial charge in [0.1, 0.15) is 4.99 Å². The zero-order valence-corrected chi connectivity index (χ0v) is 17.2. The number of hydrogen-bond donors (Lipinski definition) is 0. The van der Waals surface area contributed by atoms with Crippen LogP contribution in [0.2, 0.25) is 0 Å². The Kier molecular flexibility index (Phi) is 5.79. The number of fused-ring (bicyclic) bond motifs is 1. The van der Waals surface area contributed by atoms with Crippen LogP contribution in [0, 0.1) is 19.7 Å². The van der Waals surface area contributed by atoms with E-state index < -0.39 is 5.82 Å². The average molecular weight is 399 g/mol. The van der Waals surface area contributed by atoms with E-state index in [1.54, 1.807) is 13.0 Å². The van der Waals surface area contributed by atoms with Crippen molar-refractivity contribution in [2.75, 3.05) is 13.7 Å². The average Bonchev–Trinajstić information content (AvgIpc) is 2.92. The van der Waals surface area contributed by atoms with Crippen LogP contribution in [0.25, 0.3) is 10.9 Å². The number of methoxy groups -OCH3 is 1. The van der Waals surface area contributed by atoms with Crippen molar-refractivity contribution >= 4 is 34.1 Å². The molecule has 0 saturated heterocycles. The molecule has 0 fully saturated rings. The van der Waals surface area contributed by atoms with Gasteiger partial charge in [-0.25, -0.2) is 4.39 Å². The molecule has 6 heteroatoms. The van der Waals surface area contributed by atoms with Gasteiger partial charge in [-0.15, -0.1) is 0 Å². The van der Waals surface area contributed by atoms with Crippen LogP contribution in [-0.2, 0) is 16.0 Å². The van der Waals surface area contributed by atoms with Gasteiger partial charge in [-0.3, -0.25) is 4.79 Å². The lowest BCUT2D eigenvalue weighted by molar-refractivity contribution is -0.142. The van der Waals surface area contributed by atoms with Crippen LogP contribution < -0.4 is 4.74 Å². The lowest BCUT2D eigenvalue weighted by Gasteiger charge is -2.11. The lowest BCUT2D eigenvalue weighted by Crippen LogP contribution is -2.13. The maximum absolute atomic E-state index is 14.5. The van der Waals surface area contributed by atoms with Gasteiger partial charge < -0.3 is 14.0 Å². The number of rotatable bonds is 5. The predicted molar refractivity (Wildman–Crippen MR) is 112 cm³/mol. The number of esters is 1. The van der Waals surface area contributed by atoms with Crippen molar-refractivity contribution in [2.45, 2.75) is 27.2 Å². The van der Waals surface area contributed by atoms with Crippen molar-refractivity contribution in [2.24, 2.45) is 0 Å². The zero-order valence-electron chi connectivity index (χ0n) is 16.3. The summed E-state index contributed by atoms with van der Waals surface area (Å²) in [5, 5.41) is 0.721. The minimum absolute atomic E-state index is 0.0778. The molecule has 0 bridgehead atoms. The number of carbonyl (C=O) groups is 1. The number of carbonyl (C=O) groups excluding carboxylic acids is 1. The molecule has 0 spiro atoms. The first-order valence-corrected chi connectivity index (χ1v) is 9.42. The van der Waals surface area contributed by atoms with E-state index in [0.29, 0.717) is 17.1 Å². The van der Waals surface area contributed by atoms with Gasteiger partial charge in [0.15, 0.2) is 11.6 Å². The topological polar surface area (TPSA) is 40.5 Å². The molecular weight excluding hydrogens is 377 g/mol. The molecule has 0 aliphatic heterocycles. The van der Waals surface area contributed by atoms with E-state index in [0.717, 1.165) is 27.8 Å². The van der Waals surface area contributed by atoms with Crippen molar-refractivity contribution < 1.29 is 18.7 Å². The highest BCUT2D eigenvalue weighted by molar-refractivity contribution is 7.80. The number of aryl methyl sites for hydroxylation is 1. The Morgan fingerprint density at radius 1 is 1.18 bits per heavy atom. The minimum atomic E-state index is -0.483. The van der Waals surface area contributed by atoms with Crippen LogP contribution in [0.5, 0.6) is 5.75 Å². The monoisotopic (exact) mass is 399 g/mol. The van der Waals surface area contributed by atoms with Gasteiger partial charge in [-0.2, -0.15) is 0 Å². The van der Waals surface area contributed by atoms with Crippen molar-refractivity contribution in [3.63, 3.8) is 0 Å². The van der Waals surface area contributed by atoms with Crippen molar-refractivity contribution in [3.8, 4) is 5.75 Å². The molecule has 0 aliphatic rings. The van der Waals surface area contributed by atoms with Crippen LogP contribution in [0.1, 0.15) is 29.3 Å². The molecule has 2 aromatic carbocycles. The summed E-state index contributed by atoms with van der Waals surface area (Å²) in [5.74, 6) is -0.701. The van der Waals surface area contributed by atoms with E-state index in [1.165, 1.54) is 13.2 Å². The Labute approximate surface area is 168 Å². The molecule has 3 aromatic rings. The molecule has 0 atom stereocenters. The number of nitrogens with zero attached hydrogens (tertiary/aromatic N) is 1. The van der Waals surface area contributed by atoms with Gasteiger partial charge >= 0.3 is 5.97 Å². The second-order valence-electron chi connectivity index (χ2n) is 6.56. The summed E-state index contributed by atoms with van der Waals surface area (Å²) in [4.78, 5) is 12.7. The summed E-state index contributed by atoms with van der Waals surface area (Å²) < 4.78 is 26.5. The quantitative estimate of drug-likeness (QED) is 0.459. The Morgan fingerprint density at radius 2 is 1.86 bits per heavy atom. The van der Waals surface area contributed by atoms with E-state index in [9.17, 15) is 9.18 Å². The molecule has 1 aromatic heterocycles. The molecule has 4 nitrogen and oxygen atoms in total. The van der Waals surface area contributed by atoms with Crippen molar-refractivity contribution in [1.29, 1.82) is 0 Å². The van der Waals surface area contributed by atoms with E-state index >= 15 is 0 Å². The first-order chi connectivity index (χ1) is 13.4. The first-order valence-electron chi connectivity index (χ1n) is 9.01. The number of benzene rings is 2. The van der Waals surface area contributed by atoms with Crippen molar-refractivity contribution in [1.82, 2.24) is 4.57 Å². The Bertz CT molecular complexity index is 1050. The fourth-order valence-electron chi connectivity index (χ4n) is 3.30. The summed E-state index contributed by atoms with van der Waals surface area (Å²) in [6.45, 7) is 5.94. The molecule has 1 heterocycles. The van der Waals surface area contributed by atoms with Crippen LogP contribution >= 0.6 is 12.2 Å². The number of halogens is 1. The van der Waals surface area contributed by atoms with Gasteiger partial charge in [-0.05, 0) is 32.4 Å². The van der Waals surface area contributed by atoms with Gasteiger partial charge in [-0.1, -0.05) is 42.0 Å². The Hall–Kier alpha value is -2.73. The normalized spacial score (nSPS) is 10.9. The summed E-state index contributed by atoms with van der Waals surface area (Å²) >= 11 is 5.72. The third-order valence-electron chi connectivity index (χ3n) is 4.74. The van der Waals surface area contributed by atoms with E-state index in [1.807, 2.05) is 42.7 Å².